The Hall–Kier alpha value is -2.58. The average molecular weight is 415 g/mol. The third-order valence-electron chi connectivity index (χ3n) is 6.32. The first-order valence-corrected chi connectivity index (χ1v) is 10.7. The molecule has 0 aliphatic carbocycles. The third-order valence-corrected chi connectivity index (χ3v) is 6.32. The highest BCUT2D eigenvalue weighted by Crippen LogP contribution is 2.30. The molecule has 2 heterocycles. The molecule has 30 heavy (non-hydrogen) atoms. The SMILES string of the molecule is C=C1C(=O)NC(=O)NC1N(CCN1CCC(CCN)CC1)c1cc(C)c(C)cc1N. The fourth-order valence-corrected chi connectivity index (χ4v) is 4.27. The van der Waals surface area contributed by atoms with Gasteiger partial charge in [0.05, 0.1) is 16.9 Å². The normalized spacial score (nSPS) is 20.8. The van der Waals surface area contributed by atoms with Crippen LogP contribution < -0.4 is 27.0 Å². The van der Waals surface area contributed by atoms with Gasteiger partial charge >= 0.3 is 6.03 Å². The smallest absolute Gasteiger partial charge is 0.323 e. The molecule has 3 rings (SSSR count). The molecule has 0 aromatic heterocycles. The molecule has 164 valence electrons. The van der Waals surface area contributed by atoms with Gasteiger partial charge in [0.1, 0.15) is 6.17 Å². The van der Waals surface area contributed by atoms with Gasteiger partial charge in [0.2, 0.25) is 0 Å². The topological polar surface area (TPSA) is 117 Å². The Labute approximate surface area is 178 Å². The molecule has 2 fully saturated rings. The van der Waals surface area contributed by atoms with E-state index in [2.05, 4.69) is 22.1 Å². The van der Waals surface area contributed by atoms with Crippen molar-refractivity contribution in [2.75, 3.05) is 43.4 Å². The van der Waals surface area contributed by atoms with Crippen LogP contribution in [-0.2, 0) is 4.79 Å². The number of piperidine rings is 1. The predicted octanol–water partition coefficient (Wildman–Crippen LogP) is 1.47. The highest BCUT2D eigenvalue weighted by molar-refractivity contribution is 6.07. The molecule has 3 amide bonds. The standard InChI is InChI=1S/C22H34N6O2/c1-14-12-18(24)19(13-15(14)2)28(20-16(3)21(29)26-22(30)25-20)11-10-27-8-5-17(4-7-23)6-9-27/h12-13,17,20H,3-11,23-24H2,1-2H3,(H2,25,26,29,30). The largest absolute Gasteiger partial charge is 0.397 e. The number of carbonyl (C=O) groups excluding carboxylic acids is 2. The number of anilines is 2. The van der Waals surface area contributed by atoms with E-state index in [1.54, 1.807) is 0 Å². The molecule has 0 spiro atoms. The van der Waals surface area contributed by atoms with Crippen LogP contribution in [0.3, 0.4) is 0 Å². The second-order valence-corrected chi connectivity index (χ2v) is 8.41. The maximum Gasteiger partial charge on any atom is 0.323 e. The van der Waals surface area contributed by atoms with Gasteiger partial charge in [-0.05, 0) is 81.9 Å². The number of hydrogen-bond acceptors (Lipinski definition) is 6. The zero-order chi connectivity index (χ0) is 21.8. The number of benzene rings is 1. The highest BCUT2D eigenvalue weighted by atomic mass is 16.2. The lowest BCUT2D eigenvalue weighted by molar-refractivity contribution is -0.117. The van der Waals surface area contributed by atoms with E-state index in [0.717, 1.165) is 62.3 Å². The lowest BCUT2D eigenvalue weighted by atomic mass is 9.93. The van der Waals surface area contributed by atoms with Crippen molar-refractivity contribution in [1.82, 2.24) is 15.5 Å². The number of nitrogens with zero attached hydrogens (tertiary/aromatic N) is 2. The van der Waals surface area contributed by atoms with Crippen LogP contribution in [0.25, 0.3) is 0 Å². The summed E-state index contributed by atoms with van der Waals surface area (Å²) in [6.45, 7) is 12.2. The summed E-state index contributed by atoms with van der Waals surface area (Å²) in [5.74, 6) is 0.248. The maximum absolute atomic E-state index is 12.2. The molecule has 8 heteroatoms. The van der Waals surface area contributed by atoms with E-state index in [1.807, 2.05) is 30.9 Å². The summed E-state index contributed by atoms with van der Waals surface area (Å²) in [7, 11) is 0. The number of carbonyl (C=O) groups is 2. The van der Waals surface area contributed by atoms with E-state index in [4.69, 9.17) is 11.5 Å². The van der Waals surface area contributed by atoms with Gasteiger partial charge in [-0.15, -0.1) is 0 Å². The fourth-order valence-electron chi connectivity index (χ4n) is 4.27. The van der Waals surface area contributed by atoms with E-state index < -0.39 is 18.1 Å². The number of imide groups is 1. The van der Waals surface area contributed by atoms with Gasteiger partial charge in [-0.25, -0.2) is 4.79 Å². The van der Waals surface area contributed by atoms with Gasteiger partial charge < -0.3 is 26.6 Å². The van der Waals surface area contributed by atoms with Crippen LogP contribution in [0.15, 0.2) is 24.3 Å². The van der Waals surface area contributed by atoms with Crippen LogP contribution in [-0.4, -0.2) is 55.7 Å². The van der Waals surface area contributed by atoms with Gasteiger partial charge in [-0.1, -0.05) is 6.58 Å². The fraction of sp³-hybridized carbons (Fsp3) is 0.545. The zero-order valence-electron chi connectivity index (χ0n) is 18.0. The summed E-state index contributed by atoms with van der Waals surface area (Å²) in [5, 5.41) is 5.09. The second kappa shape index (κ2) is 9.49. The molecular weight excluding hydrogens is 380 g/mol. The average Bonchev–Trinajstić information content (AvgIpc) is 2.70. The van der Waals surface area contributed by atoms with Crippen LogP contribution >= 0.6 is 0 Å². The van der Waals surface area contributed by atoms with Crippen LogP contribution in [0.4, 0.5) is 16.2 Å². The van der Waals surface area contributed by atoms with Crippen molar-refractivity contribution in [1.29, 1.82) is 0 Å². The molecule has 1 aromatic carbocycles. The van der Waals surface area contributed by atoms with E-state index in [9.17, 15) is 9.59 Å². The lowest BCUT2D eigenvalue weighted by Crippen LogP contribution is -2.61. The van der Waals surface area contributed by atoms with Crippen molar-refractivity contribution in [3.05, 3.63) is 35.4 Å². The van der Waals surface area contributed by atoms with Crippen molar-refractivity contribution in [3.63, 3.8) is 0 Å². The summed E-state index contributed by atoms with van der Waals surface area (Å²) >= 11 is 0. The number of likely N-dealkylation sites (tertiary alicyclic amines) is 1. The number of nitrogens with one attached hydrogen (secondary N) is 2. The third kappa shape index (κ3) is 4.94. The molecule has 2 aliphatic rings. The summed E-state index contributed by atoms with van der Waals surface area (Å²) in [6.07, 6.45) is 2.75. The van der Waals surface area contributed by atoms with E-state index in [-0.39, 0.29) is 0 Å². The van der Waals surface area contributed by atoms with Crippen LogP contribution in [0, 0.1) is 19.8 Å². The van der Waals surface area contributed by atoms with Crippen molar-refractivity contribution in [2.45, 2.75) is 39.3 Å². The quantitative estimate of drug-likeness (QED) is 0.397. The number of nitrogens with two attached hydrogens (primary N) is 2. The lowest BCUT2D eigenvalue weighted by Gasteiger charge is -2.40. The van der Waals surface area contributed by atoms with Crippen LogP contribution in [0.1, 0.15) is 30.4 Å². The minimum Gasteiger partial charge on any atom is -0.397 e. The highest BCUT2D eigenvalue weighted by Gasteiger charge is 2.34. The summed E-state index contributed by atoms with van der Waals surface area (Å²) < 4.78 is 0. The molecule has 1 aromatic rings. The minimum absolute atomic E-state index is 0.300. The Morgan fingerprint density at radius 2 is 1.87 bits per heavy atom. The molecule has 8 nitrogen and oxygen atoms in total. The Kier molecular flexibility index (Phi) is 6.99. The van der Waals surface area contributed by atoms with Crippen molar-refractivity contribution < 1.29 is 9.59 Å². The molecular formula is C22H34N6O2. The van der Waals surface area contributed by atoms with Gasteiger partial charge in [-0.2, -0.15) is 0 Å². The number of urea groups is 1. The van der Waals surface area contributed by atoms with Crippen molar-refractivity contribution in [3.8, 4) is 0 Å². The monoisotopic (exact) mass is 414 g/mol. The number of aryl methyl sites for hydroxylation is 2. The first-order valence-electron chi connectivity index (χ1n) is 10.7. The Bertz CT molecular complexity index is 816. The Morgan fingerprint density at radius 1 is 1.20 bits per heavy atom. The number of amides is 3. The van der Waals surface area contributed by atoms with Crippen LogP contribution in [0.2, 0.25) is 0 Å². The summed E-state index contributed by atoms with van der Waals surface area (Å²) in [6, 6.07) is 3.43. The molecule has 1 unspecified atom stereocenters. The molecule has 1 atom stereocenters. The van der Waals surface area contributed by atoms with E-state index >= 15 is 0 Å². The van der Waals surface area contributed by atoms with Gasteiger partial charge in [-0.3, -0.25) is 10.1 Å². The molecule has 2 saturated heterocycles. The zero-order valence-corrected chi connectivity index (χ0v) is 18.0. The molecule has 6 N–H and O–H groups in total. The first kappa shape index (κ1) is 22.1. The number of nitrogen functional groups attached to an aromatic ring is 1. The van der Waals surface area contributed by atoms with Crippen LogP contribution in [0.5, 0.6) is 0 Å². The minimum atomic E-state index is -0.634. The molecule has 0 bridgehead atoms. The number of rotatable bonds is 7. The number of hydrogen-bond donors (Lipinski definition) is 4. The van der Waals surface area contributed by atoms with Gasteiger partial charge in [0.15, 0.2) is 0 Å². The second-order valence-electron chi connectivity index (χ2n) is 8.41. The van der Waals surface area contributed by atoms with Gasteiger partial charge in [0.25, 0.3) is 5.91 Å². The molecule has 2 aliphatic heterocycles. The predicted molar refractivity (Wildman–Crippen MR) is 120 cm³/mol. The Morgan fingerprint density at radius 3 is 2.53 bits per heavy atom. The van der Waals surface area contributed by atoms with E-state index in [1.165, 1.54) is 0 Å². The Balaban J connectivity index is 1.80. The maximum atomic E-state index is 12.2. The van der Waals surface area contributed by atoms with Crippen molar-refractivity contribution >= 4 is 23.3 Å². The molecule has 0 saturated carbocycles. The van der Waals surface area contributed by atoms with E-state index in [0.29, 0.717) is 23.7 Å². The summed E-state index contributed by atoms with van der Waals surface area (Å²) in [4.78, 5) is 28.6. The first-order chi connectivity index (χ1) is 14.3. The molecule has 0 radical (unpaired) electrons. The van der Waals surface area contributed by atoms with Gasteiger partial charge in [0, 0.05) is 13.1 Å². The van der Waals surface area contributed by atoms with Crippen molar-refractivity contribution in [2.24, 2.45) is 11.7 Å². The summed E-state index contributed by atoms with van der Waals surface area (Å²) in [5.41, 5.74) is 16.0.